The summed E-state index contributed by atoms with van der Waals surface area (Å²) >= 11 is 6.21. The van der Waals surface area contributed by atoms with E-state index in [4.69, 9.17) is 21.1 Å². The Labute approximate surface area is 152 Å². The maximum absolute atomic E-state index is 12.4. The van der Waals surface area contributed by atoms with E-state index in [0.29, 0.717) is 24.0 Å². The molecule has 1 rings (SSSR count). The van der Waals surface area contributed by atoms with Gasteiger partial charge < -0.3 is 19.9 Å². The van der Waals surface area contributed by atoms with Gasteiger partial charge in [-0.3, -0.25) is 4.79 Å². The number of amides is 1. The monoisotopic (exact) mass is 369 g/mol. The second-order valence-corrected chi connectivity index (χ2v) is 6.27. The Morgan fingerprint density at radius 2 is 2.04 bits per heavy atom. The number of carboxylic acids is 1. The Balaban J connectivity index is 3.02. The van der Waals surface area contributed by atoms with Crippen LogP contribution in [0.3, 0.4) is 0 Å². The van der Waals surface area contributed by atoms with Gasteiger partial charge in [-0.05, 0) is 31.4 Å². The lowest BCUT2D eigenvalue weighted by Crippen LogP contribution is -2.40. The molecule has 138 valence electrons. The summed E-state index contributed by atoms with van der Waals surface area (Å²) in [5.41, 5.74) is 0.200. The van der Waals surface area contributed by atoms with Crippen LogP contribution in [0.25, 0.3) is 0 Å². The highest BCUT2D eigenvalue weighted by Gasteiger charge is 2.21. The van der Waals surface area contributed by atoms with Gasteiger partial charge in [0.15, 0.2) is 11.5 Å². The molecule has 0 aliphatic carbocycles. The molecular weight excluding hydrogens is 346 g/mol. The van der Waals surface area contributed by atoms with Crippen molar-refractivity contribution in [2.75, 3.05) is 13.7 Å². The minimum atomic E-state index is -1.11. The van der Waals surface area contributed by atoms with Gasteiger partial charge in [-0.15, -0.1) is 0 Å². The number of aliphatic carboxylic acids is 1. The molecule has 0 aromatic heterocycles. The summed E-state index contributed by atoms with van der Waals surface area (Å²) < 4.78 is 10.9. The van der Waals surface area contributed by atoms with Crippen molar-refractivity contribution >= 4 is 23.5 Å². The zero-order valence-corrected chi connectivity index (χ0v) is 15.6. The Bertz CT molecular complexity index is 643. The van der Waals surface area contributed by atoms with Crippen LogP contribution in [0.1, 0.15) is 37.6 Å². The summed E-state index contributed by atoms with van der Waals surface area (Å²) in [7, 11) is 1.45. The molecule has 0 aliphatic heterocycles. The van der Waals surface area contributed by atoms with E-state index in [0.717, 1.165) is 0 Å². The number of halogens is 1. The zero-order valence-electron chi connectivity index (χ0n) is 14.8. The van der Waals surface area contributed by atoms with Crippen molar-refractivity contribution in [3.8, 4) is 11.5 Å². The zero-order chi connectivity index (χ0) is 19.0. The van der Waals surface area contributed by atoms with E-state index in [2.05, 4.69) is 5.32 Å². The number of carbonyl (C=O) groups is 2. The first-order chi connectivity index (χ1) is 11.8. The predicted molar refractivity (Wildman–Crippen MR) is 96.7 cm³/mol. The van der Waals surface area contributed by atoms with Gasteiger partial charge in [0.1, 0.15) is 6.04 Å². The predicted octanol–water partition coefficient (Wildman–Crippen LogP) is 3.53. The molecule has 1 unspecified atom stereocenters. The topological polar surface area (TPSA) is 84.9 Å². The molecule has 0 fully saturated rings. The van der Waals surface area contributed by atoms with Gasteiger partial charge in [0.2, 0.25) is 0 Å². The molecule has 0 heterocycles. The van der Waals surface area contributed by atoms with Gasteiger partial charge in [0.05, 0.1) is 18.7 Å². The molecule has 0 saturated heterocycles. The number of rotatable bonds is 9. The van der Waals surface area contributed by atoms with Gasteiger partial charge in [-0.1, -0.05) is 37.6 Å². The van der Waals surface area contributed by atoms with Gasteiger partial charge >= 0.3 is 5.97 Å². The van der Waals surface area contributed by atoms with Crippen molar-refractivity contribution in [3.63, 3.8) is 0 Å². The average Bonchev–Trinajstić information content (AvgIpc) is 2.55. The number of hydrogen-bond acceptors (Lipinski definition) is 4. The fourth-order valence-electron chi connectivity index (χ4n) is 1.98. The SMILES string of the molecule is C/C=C/CC(NC(=O)c1cc(Cl)c(OCC(C)C)c(OC)c1)C(=O)O. The van der Waals surface area contributed by atoms with Crippen molar-refractivity contribution in [1.82, 2.24) is 5.32 Å². The molecule has 0 aliphatic rings. The molecule has 7 heteroatoms. The first kappa shape index (κ1) is 20.8. The minimum Gasteiger partial charge on any atom is -0.493 e. The van der Waals surface area contributed by atoms with Crippen LogP contribution < -0.4 is 14.8 Å². The van der Waals surface area contributed by atoms with Gasteiger partial charge in [-0.2, -0.15) is 0 Å². The minimum absolute atomic E-state index is 0.192. The van der Waals surface area contributed by atoms with E-state index in [1.807, 2.05) is 13.8 Å². The molecule has 1 aromatic carbocycles. The number of allylic oxidation sites excluding steroid dienone is 1. The van der Waals surface area contributed by atoms with E-state index in [9.17, 15) is 14.7 Å². The molecule has 0 spiro atoms. The van der Waals surface area contributed by atoms with E-state index in [1.54, 1.807) is 19.1 Å². The van der Waals surface area contributed by atoms with Crippen molar-refractivity contribution in [2.45, 2.75) is 33.2 Å². The summed E-state index contributed by atoms with van der Waals surface area (Å²) in [6, 6.07) is 1.89. The van der Waals surface area contributed by atoms with Crippen molar-refractivity contribution < 1.29 is 24.2 Å². The maximum atomic E-state index is 12.4. The summed E-state index contributed by atoms with van der Waals surface area (Å²) in [5.74, 6) is -0.683. The molecule has 0 bridgehead atoms. The molecule has 1 atom stereocenters. The average molecular weight is 370 g/mol. The third-order valence-corrected chi connectivity index (χ3v) is 3.54. The summed E-state index contributed by atoms with van der Waals surface area (Å²) in [6.45, 7) is 6.23. The first-order valence-corrected chi connectivity index (χ1v) is 8.33. The molecule has 0 radical (unpaired) electrons. The van der Waals surface area contributed by atoms with Crippen LogP contribution in [0.2, 0.25) is 5.02 Å². The molecule has 25 heavy (non-hydrogen) atoms. The van der Waals surface area contributed by atoms with Crippen molar-refractivity contribution in [2.24, 2.45) is 5.92 Å². The second-order valence-electron chi connectivity index (χ2n) is 5.86. The highest BCUT2D eigenvalue weighted by atomic mass is 35.5. The normalized spacial score (nSPS) is 12.2. The van der Waals surface area contributed by atoms with Crippen molar-refractivity contribution in [1.29, 1.82) is 0 Å². The lowest BCUT2D eigenvalue weighted by atomic mass is 10.1. The Hall–Kier alpha value is -2.21. The van der Waals surface area contributed by atoms with E-state index in [1.165, 1.54) is 19.2 Å². The first-order valence-electron chi connectivity index (χ1n) is 7.95. The molecule has 0 saturated carbocycles. The number of carboxylic acid groups (broad SMARTS) is 1. The molecule has 2 N–H and O–H groups in total. The Kier molecular flexibility index (Phi) is 8.28. The highest BCUT2D eigenvalue weighted by Crippen LogP contribution is 2.36. The van der Waals surface area contributed by atoms with E-state index in [-0.39, 0.29) is 17.0 Å². The second kappa shape index (κ2) is 9.93. The van der Waals surface area contributed by atoms with Crippen LogP contribution in [0.15, 0.2) is 24.3 Å². The van der Waals surface area contributed by atoms with E-state index < -0.39 is 17.9 Å². The lowest BCUT2D eigenvalue weighted by Gasteiger charge is -2.16. The standard InChI is InChI=1S/C18H24ClNO5/c1-5-6-7-14(18(22)23)20-17(21)12-8-13(19)16(15(9-12)24-4)25-10-11(2)3/h5-6,8-9,11,14H,7,10H2,1-4H3,(H,20,21)(H,22,23)/b6-5+. The molecule has 6 nitrogen and oxygen atoms in total. The van der Waals surface area contributed by atoms with Crippen LogP contribution in [-0.4, -0.2) is 36.7 Å². The van der Waals surface area contributed by atoms with E-state index >= 15 is 0 Å². The number of nitrogens with one attached hydrogen (secondary N) is 1. The van der Waals surface area contributed by atoms with Gasteiger partial charge in [-0.25, -0.2) is 4.79 Å². The summed E-state index contributed by atoms with van der Waals surface area (Å²) in [5, 5.41) is 11.9. The smallest absolute Gasteiger partial charge is 0.326 e. The quantitative estimate of drug-likeness (QED) is 0.650. The van der Waals surface area contributed by atoms with Crippen LogP contribution in [-0.2, 0) is 4.79 Å². The molecule has 1 amide bonds. The molecular formula is C18H24ClNO5. The number of methoxy groups -OCH3 is 1. The lowest BCUT2D eigenvalue weighted by molar-refractivity contribution is -0.139. The third kappa shape index (κ3) is 6.31. The highest BCUT2D eigenvalue weighted by molar-refractivity contribution is 6.32. The number of carbonyl (C=O) groups excluding carboxylic acids is 1. The van der Waals surface area contributed by atoms with Crippen LogP contribution in [0, 0.1) is 5.92 Å². The fourth-order valence-corrected chi connectivity index (χ4v) is 2.24. The van der Waals surface area contributed by atoms with Crippen molar-refractivity contribution in [3.05, 3.63) is 34.9 Å². The summed E-state index contributed by atoms with van der Waals surface area (Å²) in [6.07, 6.45) is 3.59. The number of ether oxygens (including phenoxy) is 2. The maximum Gasteiger partial charge on any atom is 0.326 e. The fraction of sp³-hybridized carbons (Fsp3) is 0.444. The summed E-state index contributed by atoms with van der Waals surface area (Å²) in [4.78, 5) is 23.6. The third-order valence-electron chi connectivity index (χ3n) is 3.26. The van der Waals surface area contributed by atoms with Crippen LogP contribution in [0.4, 0.5) is 0 Å². The largest absolute Gasteiger partial charge is 0.493 e. The molecule has 1 aromatic rings. The van der Waals surface area contributed by atoms with Crippen LogP contribution in [0.5, 0.6) is 11.5 Å². The number of hydrogen-bond donors (Lipinski definition) is 2. The number of benzene rings is 1. The van der Waals surface area contributed by atoms with Crippen LogP contribution >= 0.6 is 11.6 Å². The van der Waals surface area contributed by atoms with Gasteiger partial charge in [0.25, 0.3) is 5.91 Å². The Morgan fingerprint density at radius 1 is 1.36 bits per heavy atom. The Morgan fingerprint density at radius 3 is 2.56 bits per heavy atom. The van der Waals surface area contributed by atoms with Gasteiger partial charge in [0, 0.05) is 5.56 Å².